The van der Waals surface area contributed by atoms with E-state index in [4.69, 9.17) is 22.4 Å². The Labute approximate surface area is 129 Å². The number of nitrogens with one attached hydrogen (secondary N) is 1. The number of benzene rings is 1. The van der Waals surface area contributed by atoms with Gasteiger partial charge in [0.2, 0.25) is 0 Å². The van der Waals surface area contributed by atoms with E-state index in [1.54, 1.807) is 25.1 Å². The molecule has 1 aromatic carbocycles. The third-order valence-electron chi connectivity index (χ3n) is 2.74. The standard InChI is InChI=1S/C13H12ClN3O3S/c1-6(12-17-9(5-21-12)13(19)20)16-8-4-2-3-7(14)10(8)11(15)18/h2-6,16H,1H3,(H2,15,18)(H,19,20). The first kappa shape index (κ1) is 15.3. The van der Waals surface area contributed by atoms with Crippen LogP contribution in [0, 0.1) is 0 Å². The third-order valence-corrected chi connectivity index (χ3v) is 4.09. The molecule has 2 rings (SSSR count). The molecule has 6 nitrogen and oxygen atoms in total. The van der Waals surface area contributed by atoms with Gasteiger partial charge in [0.15, 0.2) is 5.69 Å². The number of carboxylic acid groups (broad SMARTS) is 1. The average Bonchev–Trinajstić information content (AvgIpc) is 2.88. The predicted octanol–water partition coefficient (Wildman–Crippen LogP) is 2.77. The second-order valence-electron chi connectivity index (χ2n) is 4.27. The molecule has 0 aliphatic rings. The van der Waals surface area contributed by atoms with E-state index in [0.717, 1.165) is 0 Å². The van der Waals surface area contributed by atoms with Crippen LogP contribution in [0.2, 0.25) is 5.02 Å². The van der Waals surface area contributed by atoms with Gasteiger partial charge in [0.25, 0.3) is 5.91 Å². The summed E-state index contributed by atoms with van der Waals surface area (Å²) in [4.78, 5) is 26.3. The molecular formula is C13H12ClN3O3S. The summed E-state index contributed by atoms with van der Waals surface area (Å²) >= 11 is 7.19. The molecule has 8 heteroatoms. The second kappa shape index (κ2) is 6.11. The molecule has 4 N–H and O–H groups in total. The Morgan fingerprint density at radius 3 is 2.76 bits per heavy atom. The number of primary amides is 1. The van der Waals surface area contributed by atoms with Gasteiger partial charge in [0.05, 0.1) is 16.6 Å². The number of rotatable bonds is 5. The molecule has 0 fully saturated rings. The number of anilines is 1. The van der Waals surface area contributed by atoms with E-state index >= 15 is 0 Å². The molecule has 1 aromatic heterocycles. The Hall–Kier alpha value is -2.12. The van der Waals surface area contributed by atoms with Crippen molar-refractivity contribution in [1.29, 1.82) is 0 Å². The van der Waals surface area contributed by atoms with Crippen molar-refractivity contribution in [3.63, 3.8) is 0 Å². The lowest BCUT2D eigenvalue weighted by molar-refractivity contribution is 0.0691. The first-order valence-corrected chi connectivity index (χ1v) is 7.19. The van der Waals surface area contributed by atoms with Gasteiger partial charge in [-0.25, -0.2) is 9.78 Å². The van der Waals surface area contributed by atoms with Crippen LogP contribution in [0.15, 0.2) is 23.6 Å². The molecule has 0 saturated heterocycles. The number of carboxylic acids is 1. The van der Waals surface area contributed by atoms with Crippen LogP contribution in [0.25, 0.3) is 0 Å². The van der Waals surface area contributed by atoms with E-state index in [1.807, 2.05) is 0 Å². The van der Waals surface area contributed by atoms with Crippen molar-refractivity contribution in [3.8, 4) is 0 Å². The van der Waals surface area contributed by atoms with E-state index in [2.05, 4.69) is 10.3 Å². The van der Waals surface area contributed by atoms with Crippen molar-refractivity contribution in [2.75, 3.05) is 5.32 Å². The summed E-state index contributed by atoms with van der Waals surface area (Å²) in [6, 6.07) is 4.64. The zero-order chi connectivity index (χ0) is 15.6. The van der Waals surface area contributed by atoms with Gasteiger partial charge in [-0.3, -0.25) is 4.79 Å². The highest BCUT2D eigenvalue weighted by Crippen LogP contribution is 2.28. The van der Waals surface area contributed by atoms with E-state index in [-0.39, 0.29) is 22.3 Å². The van der Waals surface area contributed by atoms with E-state index in [1.165, 1.54) is 16.7 Å². The highest BCUT2D eigenvalue weighted by molar-refractivity contribution is 7.09. The van der Waals surface area contributed by atoms with Crippen LogP contribution in [0.4, 0.5) is 5.69 Å². The molecule has 1 atom stereocenters. The molecule has 0 aliphatic carbocycles. The minimum atomic E-state index is -1.08. The minimum Gasteiger partial charge on any atom is -0.476 e. The van der Waals surface area contributed by atoms with Gasteiger partial charge in [-0.2, -0.15) is 0 Å². The summed E-state index contributed by atoms with van der Waals surface area (Å²) in [7, 11) is 0. The number of carbonyl (C=O) groups is 2. The molecule has 0 spiro atoms. The van der Waals surface area contributed by atoms with Gasteiger partial charge in [-0.15, -0.1) is 11.3 Å². The number of nitrogens with two attached hydrogens (primary N) is 1. The van der Waals surface area contributed by atoms with Crippen molar-refractivity contribution in [3.05, 3.63) is 44.9 Å². The fraction of sp³-hybridized carbons (Fsp3) is 0.154. The normalized spacial score (nSPS) is 11.9. The lowest BCUT2D eigenvalue weighted by Crippen LogP contribution is -2.16. The van der Waals surface area contributed by atoms with Crippen LogP contribution in [0.5, 0.6) is 0 Å². The van der Waals surface area contributed by atoms with Gasteiger partial charge in [-0.05, 0) is 19.1 Å². The topological polar surface area (TPSA) is 105 Å². The largest absolute Gasteiger partial charge is 0.476 e. The number of nitrogens with zero attached hydrogens (tertiary/aromatic N) is 1. The van der Waals surface area contributed by atoms with Crippen LogP contribution >= 0.6 is 22.9 Å². The van der Waals surface area contributed by atoms with E-state index in [0.29, 0.717) is 10.7 Å². The summed E-state index contributed by atoms with van der Waals surface area (Å²) in [5.74, 6) is -1.72. The molecule has 2 aromatic rings. The number of aromatic carboxylic acids is 1. The Morgan fingerprint density at radius 1 is 1.48 bits per heavy atom. The number of thiazole rings is 1. The van der Waals surface area contributed by atoms with Crippen molar-refractivity contribution in [1.82, 2.24) is 4.98 Å². The van der Waals surface area contributed by atoms with Crippen molar-refractivity contribution in [2.24, 2.45) is 5.73 Å². The van der Waals surface area contributed by atoms with Crippen LogP contribution in [-0.2, 0) is 0 Å². The Morgan fingerprint density at radius 2 is 2.19 bits per heavy atom. The molecule has 0 aliphatic heterocycles. The van der Waals surface area contributed by atoms with E-state index < -0.39 is 11.9 Å². The maximum Gasteiger partial charge on any atom is 0.355 e. The van der Waals surface area contributed by atoms with Gasteiger partial charge < -0.3 is 16.2 Å². The third kappa shape index (κ3) is 3.32. The quantitative estimate of drug-likeness (QED) is 0.783. The second-order valence-corrected chi connectivity index (χ2v) is 5.57. The predicted molar refractivity (Wildman–Crippen MR) is 81.1 cm³/mol. The average molecular weight is 326 g/mol. The number of aromatic nitrogens is 1. The number of halogens is 1. The van der Waals surface area contributed by atoms with Crippen LogP contribution in [0.3, 0.4) is 0 Å². The Balaban J connectivity index is 2.27. The van der Waals surface area contributed by atoms with Crippen molar-refractivity contribution >= 4 is 40.5 Å². The molecule has 1 amide bonds. The van der Waals surface area contributed by atoms with Crippen molar-refractivity contribution < 1.29 is 14.7 Å². The fourth-order valence-corrected chi connectivity index (χ4v) is 2.84. The molecule has 0 radical (unpaired) electrons. The number of hydrogen-bond acceptors (Lipinski definition) is 5. The first-order valence-electron chi connectivity index (χ1n) is 5.93. The first-order chi connectivity index (χ1) is 9.90. The SMILES string of the molecule is CC(Nc1cccc(Cl)c1C(N)=O)c1nc(C(=O)O)cs1. The lowest BCUT2D eigenvalue weighted by Gasteiger charge is -2.15. The minimum absolute atomic E-state index is 0.00938. The number of hydrogen-bond donors (Lipinski definition) is 3. The van der Waals surface area contributed by atoms with Crippen LogP contribution in [-0.4, -0.2) is 22.0 Å². The molecular weight excluding hydrogens is 314 g/mol. The smallest absolute Gasteiger partial charge is 0.355 e. The molecule has 110 valence electrons. The lowest BCUT2D eigenvalue weighted by atomic mass is 10.1. The maximum atomic E-state index is 11.5. The maximum absolute atomic E-state index is 11.5. The Bertz CT molecular complexity index is 702. The highest BCUT2D eigenvalue weighted by atomic mass is 35.5. The highest BCUT2D eigenvalue weighted by Gasteiger charge is 2.17. The summed E-state index contributed by atoms with van der Waals surface area (Å²) in [5.41, 5.74) is 5.99. The zero-order valence-corrected chi connectivity index (χ0v) is 12.5. The molecule has 1 heterocycles. The van der Waals surface area contributed by atoms with E-state index in [9.17, 15) is 9.59 Å². The Kier molecular flexibility index (Phi) is 4.44. The molecule has 21 heavy (non-hydrogen) atoms. The van der Waals surface area contributed by atoms with Gasteiger partial charge in [-0.1, -0.05) is 17.7 Å². The molecule has 0 bridgehead atoms. The summed E-state index contributed by atoms with van der Waals surface area (Å²) in [5, 5.41) is 14.2. The van der Waals surface area contributed by atoms with Crippen molar-refractivity contribution in [2.45, 2.75) is 13.0 Å². The van der Waals surface area contributed by atoms with Crippen LogP contribution < -0.4 is 11.1 Å². The van der Waals surface area contributed by atoms with Crippen LogP contribution in [0.1, 0.15) is 38.8 Å². The fourth-order valence-electron chi connectivity index (χ4n) is 1.77. The summed E-state index contributed by atoms with van der Waals surface area (Å²) in [6.07, 6.45) is 0. The van der Waals surface area contributed by atoms with Gasteiger partial charge in [0, 0.05) is 11.1 Å². The molecule has 1 unspecified atom stereocenters. The number of carbonyl (C=O) groups excluding carboxylic acids is 1. The van der Waals surface area contributed by atoms with Gasteiger partial charge in [0.1, 0.15) is 5.01 Å². The molecule has 0 saturated carbocycles. The summed E-state index contributed by atoms with van der Waals surface area (Å²) in [6.45, 7) is 1.80. The monoisotopic (exact) mass is 325 g/mol. The zero-order valence-electron chi connectivity index (χ0n) is 11.0. The van der Waals surface area contributed by atoms with Gasteiger partial charge >= 0.3 is 5.97 Å². The summed E-state index contributed by atoms with van der Waals surface area (Å²) < 4.78 is 0. The number of amides is 1.